The van der Waals surface area contributed by atoms with Gasteiger partial charge in [0, 0.05) is 25.3 Å². The Labute approximate surface area is 195 Å². The lowest BCUT2D eigenvalue weighted by Gasteiger charge is -2.30. The molecule has 2 aliphatic heterocycles. The minimum Gasteiger partial charge on any atom is -0.350 e. The van der Waals surface area contributed by atoms with Crippen molar-refractivity contribution in [2.24, 2.45) is 5.92 Å². The van der Waals surface area contributed by atoms with E-state index in [1.165, 1.54) is 4.90 Å². The number of piperidine rings is 1. The van der Waals surface area contributed by atoms with Crippen molar-refractivity contribution in [2.75, 3.05) is 24.5 Å². The first-order chi connectivity index (χ1) is 15.6. The quantitative estimate of drug-likeness (QED) is 0.705. The fourth-order valence-corrected chi connectivity index (χ4v) is 6.27. The Bertz CT molecular complexity index is 1160. The van der Waals surface area contributed by atoms with Gasteiger partial charge in [-0.15, -0.1) is 0 Å². The number of nitrogens with one attached hydrogen (secondary N) is 1. The largest absolute Gasteiger partial charge is 0.350 e. The number of nitrogens with zero attached hydrogens (tertiary/aromatic N) is 2. The Morgan fingerprint density at radius 3 is 2.58 bits per heavy atom. The van der Waals surface area contributed by atoms with Crippen LogP contribution in [0.4, 0.5) is 5.69 Å². The molecular weight excluding hydrogens is 438 g/mol. The summed E-state index contributed by atoms with van der Waals surface area (Å²) in [5.41, 5.74) is 1.27. The van der Waals surface area contributed by atoms with Crippen LogP contribution in [0.2, 0.25) is 0 Å². The van der Waals surface area contributed by atoms with E-state index in [2.05, 4.69) is 12.2 Å². The van der Waals surface area contributed by atoms with Crippen molar-refractivity contribution in [3.63, 3.8) is 0 Å². The van der Waals surface area contributed by atoms with Crippen molar-refractivity contribution in [3.8, 4) is 0 Å². The van der Waals surface area contributed by atoms with Crippen molar-refractivity contribution in [1.29, 1.82) is 0 Å². The first-order valence-electron chi connectivity index (χ1n) is 11.4. The number of sulfonamides is 1. The van der Waals surface area contributed by atoms with Crippen molar-refractivity contribution in [3.05, 3.63) is 59.7 Å². The number of carbonyl (C=O) groups excluding carboxylic acids is 2. The number of anilines is 1. The second-order valence-electron chi connectivity index (χ2n) is 9.57. The number of benzene rings is 2. The molecule has 7 nitrogen and oxygen atoms in total. The lowest BCUT2D eigenvalue weighted by atomic mass is 9.86. The molecule has 0 aromatic heterocycles. The molecule has 1 saturated heterocycles. The van der Waals surface area contributed by atoms with E-state index in [1.54, 1.807) is 36.4 Å². The number of hydrogen-bond donors (Lipinski definition) is 1. The molecule has 1 N–H and O–H groups in total. The topological polar surface area (TPSA) is 86.8 Å². The Morgan fingerprint density at radius 1 is 1.15 bits per heavy atom. The van der Waals surface area contributed by atoms with Crippen LogP contribution < -0.4 is 10.2 Å². The minimum absolute atomic E-state index is 0.113. The van der Waals surface area contributed by atoms with Gasteiger partial charge in [-0.05, 0) is 61.9 Å². The van der Waals surface area contributed by atoms with Crippen LogP contribution in [0.15, 0.2) is 53.4 Å². The van der Waals surface area contributed by atoms with Gasteiger partial charge in [-0.25, -0.2) is 8.42 Å². The molecule has 0 saturated carbocycles. The van der Waals surface area contributed by atoms with Crippen LogP contribution in [0.1, 0.15) is 44.7 Å². The van der Waals surface area contributed by atoms with E-state index in [0.29, 0.717) is 36.8 Å². The van der Waals surface area contributed by atoms with Crippen molar-refractivity contribution in [2.45, 2.75) is 50.5 Å². The summed E-state index contributed by atoms with van der Waals surface area (Å²) in [7, 11) is -3.64. The number of hydrogen-bond acceptors (Lipinski definition) is 4. The maximum absolute atomic E-state index is 13.3. The molecule has 0 unspecified atom stereocenters. The summed E-state index contributed by atoms with van der Waals surface area (Å²) in [5.74, 6) is -0.158. The molecule has 2 amide bonds. The highest BCUT2D eigenvalue weighted by molar-refractivity contribution is 7.89. The molecule has 2 aromatic rings. The molecule has 33 heavy (non-hydrogen) atoms. The number of fused-ring (bicyclic) bond motifs is 1. The molecule has 2 aromatic carbocycles. The fourth-order valence-electron chi connectivity index (χ4n) is 4.64. The zero-order valence-corrected chi connectivity index (χ0v) is 20.2. The summed E-state index contributed by atoms with van der Waals surface area (Å²) in [6.07, 6.45) is 1.88. The van der Waals surface area contributed by atoms with Crippen molar-refractivity contribution >= 4 is 27.5 Å². The van der Waals surface area contributed by atoms with Gasteiger partial charge in [0.2, 0.25) is 21.8 Å². The minimum atomic E-state index is -3.64. The summed E-state index contributed by atoms with van der Waals surface area (Å²) in [5, 5.41) is 2.85. The summed E-state index contributed by atoms with van der Waals surface area (Å²) in [6, 6.07) is 14.4. The highest BCUT2D eigenvalue weighted by atomic mass is 32.2. The van der Waals surface area contributed by atoms with Gasteiger partial charge in [0.25, 0.3) is 0 Å². The van der Waals surface area contributed by atoms with Crippen LogP contribution >= 0.6 is 0 Å². The Kier molecular flexibility index (Phi) is 6.33. The maximum atomic E-state index is 13.3. The van der Waals surface area contributed by atoms with Crippen LogP contribution in [-0.2, 0) is 31.6 Å². The van der Waals surface area contributed by atoms with E-state index in [0.717, 1.165) is 18.4 Å². The number of carbonyl (C=O) groups is 2. The zero-order valence-electron chi connectivity index (χ0n) is 19.4. The summed E-state index contributed by atoms with van der Waals surface area (Å²) in [4.78, 5) is 27.4. The molecule has 4 rings (SSSR count). The van der Waals surface area contributed by atoms with E-state index < -0.39 is 15.4 Å². The summed E-state index contributed by atoms with van der Waals surface area (Å²) in [6.45, 7) is 6.90. The zero-order chi connectivity index (χ0) is 23.8. The predicted octanol–water partition coefficient (Wildman–Crippen LogP) is 3.05. The van der Waals surface area contributed by atoms with Gasteiger partial charge >= 0.3 is 0 Å². The Balaban J connectivity index is 1.55. The van der Waals surface area contributed by atoms with Gasteiger partial charge < -0.3 is 10.2 Å². The van der Waals surface area contributed by atoms with Crippen LogP contribution in [0.3, 0.4) is 0 Å². The SMILES string of the molecule is C[C@H]1CCCN(S(=O)(=O)c2ccc3c(c2)C(C)(C)C(=O)N3CC(=O)NCc2ccccc2)C1. The van der Waals surface area contributed by atoms with Crippen molar-refractivity contribution in [1.82, 2.24) is 9.62 Å². The van der Waals surface area contributed by atoms with E-state index in [4.69, 9.17) is 0 Å². The molecule has 0 aliphatic carbocycles. The average Bonchev–Trinajstić information content (AvgIpc) is 2.98. The van der Waals surface area contributed by atoms with Crippen LogP contribution in [0.25, 0.3) is 0 Å². The molecule has 1 atom stereocenters. The lowest BCUT2D eigenvalue weighted by Crippen LogP contribution is -2.42. The molecule has 1 fully saturated rings. The van der Waals surface area contributed by atoms with Gasteiger partial charge in [0.05, 0.1) is 10.3 Å². The van der Waals surface area contributed by atoms with Gasteiger partial charge in [-0.2, -0.15) is 4.31 Å². The fraction of sp³-hybridized carbons (Fsp3) is 0.440. The highest BCUT2D eigenvalue weighted by Gasteiger charge is 2.45. The normalized spacial score (nSPS) is 20.5. The van der Waals surface area contributed by atoms with Gasteiger partial charge in [-0.1, -0.05) is 37.3 Å². The third-order valence-corrected chi connectivity index (χ3v) is 8.46. The molecule has 176 valence electrons. The lowest BCUT2D eigenvalue weighted by molar-refractivity contribution is -0.125. The molecule has 2 heterocycles. The van der Waals surface area contributed by atoms with Gasteiger partial charge in [-0.3, -0.25) is 9.59 Å². The first kappa shape index (κ1) is 23.4. The van der Waals surface area contributed by atoms with Gasteiger partial charge in [0.1, 0.15) is 6.54 Å². The predicted molar refractivity (Wildman–Crippen MR) is 127 cm³/mol. The Morgan fingerprint density at radius 2 is 1.88 bits per heavy atom. The van der Waals surface area contributed by atoms with Crippen LogP contribution in [0.5, 0.6) is 0 Å². The smallest absolute Gasteiger partial charge is 0.243 e. The van der Waals surface area contributed by atoms with E-state index in [-0.39, 0.29) is 23.3 Å². The van der Waals surface area contributed by atoms with E-state index in [9.17, 15) is 18.0 Å². The number of rotatable bonds is 6. The maximum Gasteiger partial charge on any atom is 0.243 e. The highest BCUT2D eigenvalue weighted by Crippen LogP contribution is 2.42. The third kappa shape index (κ3) is 4.54. The van der Waals surface area contributed by atoms with E-state index >= 15 is 0 Å². The van der Waals surface area contributed by atoms with Gasteiger partial charge in [0.15, 0.2) is 0 Å². The van der Waals surface area contributed by atoms with Crippen LogP contribution in [-0.4, -0.2) is 44.2 Å². The second kappa shape index (κ2) is 8.91. The molecule has 0 spiro atoms. The third-order valence-electron chi connectivity index (χ3n) is 6.60. The molecule has 8 heteroatoms. The molecule has 0 radical (unpaired) electrons. The van der Waals surface area contributed by atoms with Crippen LogP contribution in [0, 0.1) is 5.92 Å². The summed E-state index contributed by atoms with van der Waals surface area (Å²) < 4.78 is 28.1. The summed E-state index contributed by atoms with van der Waals surface area (Å²) >= 11 is 0. The second-order valence-corrected chi connectivity index (χ2v) is 11.5. The van der Waals surface area contributed by atoms with E-state index in [1.807, 2.05) is 30.3 Å². The molecule has 0 bridgehead atoms. The first-order valence-corrected chi connectivity index (χ1v) is 12.8. The average molecular weight is 470 g/mol. The Hall–Kier alpha value is -2.71. The molecular formula is C25H31N3O4S. The molecule has 2 aliphatic rings. The monoisotopic (exact) mass is 469 g/mol. The van der Waals surface area contributed by atoms with Crippen molar-refractivity contribution < 1.29 is 18.0 Å². The number of amides is 2. The standard InChI is InChI=1S/C25H31N3O4S/c1-18-8-7-13-27(16-18)33(31,32)20-11-12-22-21(14-20)25(2,3)24(30)28(22)17-23(29)26-15-19-9-5-4-6-10-19/h4-6,9-12,14,18H,7-8,13,15-17H2,1-3H3,(H,26,29)/t18-/m0/s1.